The van der Waals surface area contributed by atoms with Crippen molar-refractivity contribution in [3.63, 3.8) is 0 Å². The zero-order valence-electron chi connectivity index (χ0n) is 7.26. The van der Waals surface area contributed by atoms with Crippen LogP contribution in [0, 0.1) is 0 Å². The number of ether oxygens (including phenoxy) is 1. The van der Waals surface area contributed by atoms with Gasteiger partial charge in [0.25, 0.3) is 0 Å². The van der Waals surface area contributed by atoms with Crippen LogP contribution in [-0.4, -0.2) is 20.9 Å². The molecule has 1 heterocycles. The fraction of sp³-hybridized carbons (Fsp3) is 0.143. The maximum absolute atomic E-state index is 11.1. The van der Waals surface area contributed by atoms with Gasteiger partial charge in [0.1, 0.15) is 0 Å². The average molecular weight is 229 g/mol. The van der Waals surface area contributed by atoms with E-state index in [1.165, 1.54) is 6.92 Å². The van der Waals surface area contributed by atoms with Crippen molar-refractivity contribution in [3.8, 4) is 6.01 Å². The Balaban J connectivity index is 2.87. The molecule has 14 heavy (non-hydrogen) atoms. The van der Waals surface area contributed by atoms with Gasteiger partial charge in [-0.15, -0.1) is 25.3 Å². The lowest BCUT2D eigenvalue weighted by molar-refractivity contribution is -0.130. The highest BCUT2D eigenvalue weighted by molar-refractivity contribution is 7.80. The van der Waals surface area contributed by atoms with Gasteiger partial charge in [-0.1, -0.05) is 6.58 Å². The summed E-state index contributed by atoms with van der Waals surface area (Å²) in [5.41, 5.74) is 0.256. The predicted molar refractivity (Wildman–Crippen MR) is 54.8 cm³/mol. The fourth-order valence-corrected chi connectivity index (χ4v) is 0.991. The molecule has 0 saturated heterocycles. The van der Waals surface area contributed by atoms with Gasteiger partial charge in [-0.3, -0.25) is 0 Å². The van der Waals surface area contributed by atoms with Crippen LogP contribution in [0.25, 0.3) is 0 Å². The third-order valence-electron chi connectivity index (χ3n) is 1.12. The van der Waals surface area contributed by atoms with Gasteiger partial charge in [0.2, 0.25) is 0 Å². The molecular formula is C7H7N3O2S2. The Hall–Kier alpha value is -1.08. The van der Waals surface area contributed by atoms with E-state index >= 15 is 0 Å². The first-order valence-electron chi connectivity index (χ1n) is 3.50. The Labute approximate surface area is 91.4 Å². The summed E-state index contributed by atoms with van der Waals surface area (Å²) in [7, 11) is 0. The maximum Gasteiger partial charge on any atom is 0.340 e. The Bertz CT molecular complexity index is 374. The fourth-order valence-electron chi connectivity index (χ4n) is 0.551. The summed E-state index contributed by atoms with van der Waals surface area (Å²) in [6.07, 6.45) is 0. The summed E-state index contributed by atoms with van der Waals surface area (Å²) in [5, 5.41) is 0.268. The normalized spacial score (nSPS) is 9.64. The highest BCUT2D eigenvalue weighted by Gasteiger charge is 2.09. The van der Waals surface area contributed by atoms with Crippen molar-refractivity contribution in [2.45, 2.75) is 17.2 Å². The number of nitrogens with zero attached hydrogens (tertiary/aromatic N) is 3. The topological polar surface area (TPSA) is 65.0 Å². The summed E-state index contributed by atoms with van der Waals surface area (Å²) in [6, 6.07) is -0.136. The first-order chi connectivity index (χ1) is 6.49. The van der Waals surface area contributed by atoms with Gasteiger partial charge in [-0.25, -0.2) is 4.79 Å². The molecule has 0 amide bonds. The minimum atomic E-state index is -0.600. The third-order valence-corrected chi connectivity index (χ3v) is 1.52. The predicted octanol–water partition coefficient (Wildman–Crippen LogP) is 0.930. The monoisotopic (exact) mass is 229 g/mol. The van der Waals surface area contributed by atoms with E-state index in [0.29, 0.717) is 0 Å². The van der Waals surface area contributed by atoms with E-state index in [4.69, 9.17) is 4.74 Å². The van der Waals surface area contributed by atoms with Crippen molar-refractivity contribution in [1.82, 2.24) is 15.0 Å². The molecular weight excluding hydrogens is 222 g/mol. The zero-order chi connectivity index (χ0) is 10.7. The van der Waals surface area contributed by atoms with Gasteiger partial charge in [-0.2, -0.15) is 15.0 Å². The van der Waals surface area contributed by atoms with E-state index in [1.54, 1.807) is 0 Å². The third kappa shape index (κ3) is 3.00. The van der Waals surface area contributed by atoms with E-state index in [9.17, 15) is 4.79 Å². The minimum Gasteiger partial charge on any atom is -0.387 e. The first-order valence-corrected chi connectivity index (χ1v) is 4.40. The molecule has 0 aliphatic rings. The van der Waals surface area contributed by atoms with Gasteiger partial charge in [0.15, 0.2) is 10.3 Å². The van der Waals surface area contributed by atoms with Gasteiger partial charge in [0, 0.05) is 5.57 Å². The number of rotatable bonds is 2. The van der Waals surface area contributed by atoms with E-state index in [0.717, 1.165) is 0 Å². The lowest BCUT2D eigenvalue weighted by atomic mass is 10.4. The van der Waals surface area contributed by atoms with E-state index in [2.05, 4.69) is 46.8 Å². The minimum absolute atomic E-state index is 0.134. The molecule has 0 spiro atoms. The molecule has 74 valence electrons. The molecule has 1 rings (SSSR count). The quantitative estimate of drug-likeness (QED) is 0.449. The lowest BCUT2D eigenvalue weighted by Crippen LogP contribution is -2.11. The van der Waals surface area contributed by atoms with E-state index in [-0.39, 0.29) is 21.9 Å². The van der Waals surface area contributed by atoms with Crippen molar-refractivity contribution in [2.24, 2.45) is 0 Å². The Morgan fingerprint density at radius 1 is 1.29 bits per heavy atom. The van der Waals surface area contributed by atoms with Crippen LogP contribution in [0.5, 0.6) is 6.01 Å². The molecule has 0 fully saturated rings. The van der Waals surface area contributed by atoms with Gasteiger partial charge in [0.05, 0.1) is 0 Å². The number of hydrogen-bond acceptors (Lipinski definition) is 7. The standard InChI is InChI=1S/C7H7N3O2S2/c1-3(2)4(11)12-5-8-6(13)10-7(14)9-5/h1H2,2H3,(H2,8,9,10,13,14). The lowest BCUT2D eigenvalue weighted by Gasteiger charge is -2.01. The number of aromatic nitrogens is 3. The van der Waals surface area contributed by atoms with Crippen LogP contribution in [0.15, 0.2) is 22.5 Å². The van der Waals surface area contributed by atoms with Gasteiger partial charge in [-0.05, 0) is 6.92 Å². The van der Waals surface area contributed by atoms with Gasteiger partial charge < -0.3 is 4.74 Å². The van der Waals surface area contributed by atoms with Gasteiger partial charge >= 0.3 is 12.0 Å². The summed E-state index contributed by atoms with van der Waals surface area (Å²) in [4.78, 5) is 22.1. The summed E-state index contributed by atoms with van der Waals surface area (Å²) in [6.45, 7) is 4.93. The Morgan fingerprint density at radius 3 is 2.21 bits per heavy atom. The molecule has 5 nitrogen and oxygen atoms in total. The Kier molecular flexibility index (Phi) is 3.48. The summed E-state index contributed by atoms with van der Waals surface area (Å²) >= 11 is 7.75. The largest absolute Gasteiger partial charge is 0.387 e. The molecule has 0 saturated carbocycles. The molecule has 0 aliphatic carbocycles. The molecule has 0 bridgehead atoms. The van der Waals surface area contributed by atoms with Crippen LogP contribution >= 0.6 is 25.3 Å². The van der Waals surface area contributed by atoms with Crippen molar-refractivity contribution >= 4 is 31.2 Å². The molecule has 0 N–H and O–H groups in total. The highest BCUT2D eigenvalue weighted by atomic mass is 32.1. The van der Waals surface area contributed by atoms with Crippen molar-refractivity contribution in [2.75, 3.05) is 0 Å². The van der Waals surface area contributed by atoms with Crippen LogP contribution < -0.4 is 4.74 Å². The van der Waals surface area contributed by atoms with E-state index < -0.39 is 5.97 Å². The Morgan fingerprint density at radius 2 is 1.79 bits per heavy atom. The summed E-state index contributed by atoms with van der Waals surface area (Å²) in [5.74, 6) is -0.600. The van der Waals surface area contributed by atoms with Crippen LogP contribution in [-0.2, 0) is 4.79 Å². The van der Waals surface area contributed by atoms with Crippen LogP contribution in [0.4, 0.5) is 0 Å². The molecule has 1 aromatic heterocycles. The smallest absolute Gasteiger partial charge is 0.340 e. The number of thiol groups is 2. The van der Waals surface area contributed by atoms with Crippen LogP contribution in [0.3, 0.4) is 0 Å². The van der Waals surface area contributed by atoms with Crippen molar-refractivity contribution in [1.29, 1.82) is 0 Å². The molecule has 0 aromatic carbocycles. The summed E-state index contributed by atoms with van der Waals surface area (Å²) < 4.78 is 4.74. The van der Waals surface area contributed by atoms with Crippen molar-refractivity contribution < 1.29 is 9.53 Å². The second kappa shape index (κ2) is 4.43. The maximum atomic E-state index is 11.1. The molecule has 0 radical (unpaired) electrons. The van der Waals surface area contributed by atoms with E-state index in [1.807, 2.05) is 0 Å². The second-order valence-corrected chi connectivity index (χ2v) is 3.19. The molecule has 1 aromatic rings. The number of esters is 1. The second-order valence-electron chi connectivity index (χ2n) is 2.39. The zero-order valence-corrected chi connectivity index (χ0v) is 9.05. The van der Waals surface area contributed by atoms with Crippen molar-refractivity contribution in [3.05, 3.63) is 12.2 Å². The SMILES string of the molecule is C=C(C)C(=O)Oc1nc(S)nc(S)n1. The number of carbonyl (C=O) groups excluding carboxylic acids is 1. The van der Waals surface area contributed by atoms with Crippen LogP contribution in [0.2, 0.25) is 0 Å². The average Bonchev–Trinajstić information content (AvgIpc) is 2.01. The number of carbonyl (C=O) groups is 1. The molecule has 0 atom stereocenters. The highest BCUT2D eigenvalue weighted by Crippen LogP contribution is 2.10. The first kappa shape index (κ1) is 11.0. The molecule has 7 heteroatoms. The molecule has 0 unspecified atom stereocenters. The van der Waals surface area contributed by atoms with Crippen LogP contribution in [0.1, 0.15) is 6.92 Å². The molecule has 0 aliphatic heterocycles. The number of hydrogen-bond donors (Lipinski definition) is 2.